The molecule has 42 valence electrons. The maximum absolute atomic E-state index is 3.22. The van der Waals surface area contributed by atoms with E-state index < -0.39 is 0 Å². The van der Waals surface area contributed by atoms with E-state index in [1.165, 1.54) is 0 Å². The van der Waals surface area contributed by atoms with Gasteiger partial charge in [-0.1, -0.05) is 0 Å². The third kappa shape index (κ3) is 32.0. The Morgan fingerprint density at radius 3 is 0.667 bits per heavy atom. The molecule has 0 fully saturated rings. The van der Waals surface area contributed by atoms with E-state index >= 15 is 0 Å². The summed E-state index contributed by atoms with van der Waals surface area (Å²) in [6.45, 7) is 0. The minimum atomic E-state index is 2.25. The van der Waals surface area contributed by atoms with E-state index in [0.29, 0.717) is 0 Å². The Morgan fingerprint density at radius 1 is 0.667 bits per heavy atom. The second kappa shape index (κ2) is 51.8. The summed E-state index contributed by atoms with van der Waals surface area (Å²) in [5, 5.41) is 0. The van der Waals surface area contributed by atoms with Crippen LogP contribution in [0.5, 0.6) is 0 Å². The van der Waals surface area contributed by atoms with Gasteiger partial charge in [0.05, 0.1) is 0 Å². The Labute approximate surface area is 74.2 Å². The quantitative estimate of drug-likeness (QED) is 0.274. The van der Waals surface area contributed by atoms with Crippen molar-refractivity contribution in [1.82, 2.24) is 0 Å². The molecule has 0 spiro atoms. The normalized spacial score (nSPS) is 3.00. The van der Waals surface area contributed by atoms with E-state index in [9.17, 15) is 0 Å². The van der Waals surface area contributed by atoms with Crippen LogP contribution >= 0.6 is 46.6 Å². The third-order valence-corrected chi connectivity index (χ3v) is 0. The first-order chi connectivity index (χ1) is 3.00. The zero-order valence-corrected chi connectivity index (χ0v) is 10.0. The van der Waals surface area contributed by atoms with Crippen LogP contribution in [0.3, 0.4) is 0 Å². The molecule has 0 saturated heterocycles. The van der Waals surface area contributed by atoms with Gasteiger partial charge in [0.15, 0.2) is 0 Å². The molecule has 0 aliphatic heterocycles. The molecule has 0 saturated carbocycles. The summed E-state index contributed by atoms with van der Waals surface area (Å²) < 4.78 is 0. The van der Waals surface area contributed by atoms with E-state index in [-0.39, 0.29) is 0 Å². The zero-order chi connectivity index (χ0) is 6.00. The zero-order valence-electron chi connectivity index (χ0n) is 2.68. The summed E-state index contributed by atoms with van der Waals surface area (Å²) in [7, 11) is 0. The van der Waals surface area contributed by atoms with E-state index in [4.69, 9.17) is 0 Å². The predicted molar refractivity (Wildman–Crippen MR) is 50.2 cm³/mol. The molecule has 0 N–H and O–H groups in total. The number of thiol groups is 4. The summed E-state index contributed by atoms with van der Waals surface area (Å²) in [5.74, 6) is 0. The summed E-state index contributed by atoms with van der Waals surface area (Å²) in [5.41, 5.74) is 0. The van der Waals surface area contributed by atoms with Crippen molar-refractivity contribution >= 4 is 75.0 Å². The fourth-order valence-electron chi connectivity index (χ4n) is 0. The van der Waals surface area contributed by atoms with Crippen LogP contribution in [0.2, 0.25) is 0 Å². The molecule has 6 heteroatoms. The minimum absolute atomic E-state index is 2.25. The molecule has 0 aromatic rings. The van der Waals surface area contributed by atoms with Crippen LogP contribution in [0, 0.1) is 0 Å². The van der Waals surface area contributed by atoms with Crippen LogP contribution in [0.4, 0.5) is 0 Å². The second-order valence-electron chi connectivity index (χ2n) is 0. The van der Waals surface area contributed by atoms with Crippen molar-refractivity contribution in [2.75, 3.05) is 0 Å². The summed E-state index contributed by atoms with van der Waals surface area (Å²) >= 11 is 17.4. The Bertz CT molecular complexity index is 5.51. The molecular weight excluding hydrogens is 286 g/mol. The van der Waals surface area contributed by atoms with Gasteiger partial charge in [0, 0.05) is 0 Å². The Kier molecular flexibility index (Phi) is 136. The van der Waals surface area contributed by atoms with Gasteiger partial charge in [-0.2, -0.15) is 0 Å². The standard InChI is InChI=1S/2H2S2.H2Se2/c3*1-2/h3*1-2H. The number of hydrogen-bond donors (Lipinski definition) is 4. The van der Waals surface area contributed by atoms with Crippen molar-refractivity contribution in [2.24, 2.45) is 0 Å². The van der Waals surface area contributed by atoms with Crippen molar-refractivity contribution in [2.45, 2.75) is 0 Å². The third-order valence-electron chi connectivity index (χ3n) is 0. The molecule has 0 heterocycles. The molecule has 0 aromatic carbocycles. The molecule has 0 aliphatic rings. The summed E-state index contributed by atoms with van der Waals surface area (Å²) in [4.78, 5) is 0. The van der Waals surface area contributed by atoms with Crippen molar-refractivity contribution < 1.29 is 0 Å². The number of hydrogen-bond acceptors (Lipinski definition) is 4. The van der Waals surface area contributed by atoms with Gasteiger partial charge in [0.25, 0.3) is 0 Å². The van der Waals surface area contributed by atoms with Crippen LogP contribution in [-0.2, 0) is 0 Å². The molecule has 0 unspecified atom stereocenters. The van der Waals surface area contributed by atoms with Crippen LogP contribution in [0.25, 0.3) is 0 Å². The average Bonchev–Trinajstić information content (AvgIpc) is 1.81. The van der Waals surface area contributed by atoms with Crippen molar-refractivity contribution in [1.29, 1.82) is 0 Å². The fourth-order valence-corrected chi connectivity index (χ4v) is 0. The van der Waals surface area contributed by atoms with Gasteiger partial charge in [0.1, 0.15) is 0 Å². The van der Waals surface area contributed by atoms with Gasteiger partial charge < -0.3 is 0 Å². The molecule has 0 aliphatic carbocycles. The van der Waals surface area contributed by atoms with Crippen LogP contribution in [0.1, 0.15) is 0 Å². The van der Waals surface area contributed by atoms with Gasteiger partial charge >= 0.3 is 28.4 Å². The van der Waals surface area contributed by atoms with Gasteiger partial charge in [-0.05, 0) is 0 Å². The molecule has 0 bridgehead atoms. The first-order valence-electron chi connectivity index (χ1n) is 0.600. The Hall–Kier alpha value is 2.44. The molecule has 0 nitrogen and oxygen atoms in total. The predicted octanol–water partition coefficient (Wildman–Crippen LogP) is 0.225. The maximum atomic E-state index is 3.22. The topological polar surface area (TPSA) is 0 Å². The summed E-state index contributed by atoms with van der Waals surface area (Å²) in [6.07, 6.45) is 0. The van der Waals surface area contributed by atoms with Crippen molar-refractivity contribution in [3.05, 3.63) is 0 Å². The molecule has 6 heavy (non-hydrogen) atoms. The van der Waals surface area contributed by atoms with E-state index in [0.717, 1.165) is 0 Å². The molecule has 0 aromatic heterocycles. The first kappa shape index (κ1) is 15.8. The van der Waals surface area contributed by atoms with Crippen molar-refractivity contribution in [3.63, 3.8) is 0 Å². The van der Waals surface area contributed by atoms with Crippen LogP contribution in [-0.4, -0.2) is 28.4 Å². The molecule has 0 amide bonds. The second-order valence-corrected chi connectivity index (χ2v) is 0. The Balaban J connectivity index is -0.0000000225. The van der Waals surface area contributed by atoms with Crippen molar-refractivity contribution in [3.8, 4) is 0 Å². The monoisotopic (exact) mass is 294 g/mol. The van der Waals surface area contributed by atoms with Gasteiger partial charge in [-0.3, -0.25) is 0 Å². The van der Waals surface area contributed by atoms with Gasteiger partial charge in [-0.25, -0.2) is 0 Å². The van der Waals surface area contributed by atoms with E-state index in [1.807, 2.05) is 0 Å². The summed E-state index contributed by atoms with van der Waals surface area (Å²) in [6, 6.07) is 0. The van der Waals surface area contributed by atoms with Crippen LogP contribution < -0.4 is 0 Å². The van der Waals surface area contributed by atoms with Gasteiger partial charge in [0.2, 0.25) is 0 Å². The SMILES string of the molecule is SS.SS.[SeH][SeH]. The Morgan fingerprint density at radius 2 is 0.667 bits per heavy atom. The first-order valence-corrected chi connectivity index (χ1v) is 9.00. The molecular formula is H6S4Se2. The molecule has 0 radical (unpaired) electrons. The van der Waals surface area contributed by atoms with E-state index in [1.54, 1.807) is 0 Å². The fraction of sp³-hybridized carbons (Fsp3) is 0. The number of rotatable bonds is 0. The molecule has 0 atom stereocenters. The van der Waals surface area contributed by atoms with E-state index in [2.05, 4.69) is 75.0 Å². The van der Waals surface area contributed by atoms with Crippen LogP contribution in [0.15, 0.2) is 0 Å². The van der Waals surface area contributed by atoms with Gasteiger partial charge in [-0.15, -0.1) is 46.6 Å². The molecule has 0 rings (SSSR count). The average molecular weight is 292 g/mol.